The van der Waals surface area contributed by atoms with E-state index in [-0.39, 0.29) is 7.25 Å². The molecule has 0 aromatic heterocycles. The van der Waals surface area contributed by atoms with Crippen LogP contribution in [0.15, 0.2) is 96.1 Å². The Bertz CT molecular complexity index is 2010. The van der Waals surface area contributed by atoms with E-state index in [2.05, 4.69) is 182 Å². The van der Waals surface area contributed by atoms with Gasteiger partial charge in [0.05, 0.1) is 0 Å². The zero-order valence-electron chi connectivity index (χ0n) is 37.2. The van der Waals surface area contributed by atoms with Crippen molar-refractivity contribution in [1.29, 1.82) is 0 Å². The SMILES string of the molecule is CCCCC1=Cc2c(-c3ccccc3C(C)C)cccc2[CH]1[Zr]([Cl])([Cl])([BH]N([Si](C)(C)C)[Si](C)(C)C)[CH]1C(CCCC)=Cc2c(-c3ccccc3C(C)C)cccc21. The van der Waals surface area contributed by atoms with Gasteiger partial charge in [0, 0.05) is 0 Å². The van der Waals surface area contributed by atoms with Crippen LogP contribution in [0, 0.1) is 0 Å². The van der Waals surface area contributed by atoms with Gasteiger partial charge in [-0.1, -0.05) is 0 Å². The van der Waals surface area contributed by atoms with Gasteiger partial charge in [-0.2, -0.15) is 0 Å². The van der Waals surface area contributed by atoms with Crippen LogP contribution in [0.4, 0.5) is 0 Å². The number of fused-ring (bicyclic) bond motifs is 2. The zero-order valence-corrected chi connectivity index (χ0v) is 43.2. The van der Waals surface area contributed by atoms with Crippen molar-refractivity contribution in [2.45, 2.75) is 138 Å². The van der Waals surface area contributed by atoms with Crippen LogP contribution in [0.1, 0.15) is 133 Å². The predicted octanol–water partition coefficient (Wildman–Crippen LogP) is 16.5. The summed E-state index contributed by atoms with van der Waals surface area (Å²) in [7, 11) is 14.8. The molecule has 57 heavy (non-hydrogen) atoms. The number of rotatable bonds is 16. The van der Waals surface area contributed by atoms with Crippen LogP contribution in [0.3, 0.4) is 0 Å². The zero-order chi connectivity index (χ0) is 41.5. The van der Waals surface area contributed by atoms with Crippen LogP contribution in [-0.2, 0) is 16.2 Å². The molecule has 0 radical (unpaired) electrons. The van der Waals surface area contributed by atoms with E-state index in [0.717, 1.165) is 43.5 Å². The van der Waals surface area contributed by atoms with Crippen LogP contribution >= 0.6 is 17.0 Å². The third-order valence-electron chi connectivity index (χ3n) is 12.9. The number of nitrogens with zero attached hydrogens (tertiary/aromatic N) is 1. The fourth-order valence-electron chi connectivity index (χ4n) is 10.6. The summed E-state index contributed by atoms with van der Waals surface area (Å²) in [5.41, 5.74) is 16.5. The number of allylic oxidation sites excluding steroid dienone is 2. The van der Waals surface area contributed by atoms with Gasteiger partial charge in [0.25, 0.3) is 0 Å². The number of hydrogen-bond donors (Lipinski definition) is 0. The van der Waals surface area contributed by atoms with Crippen molar-refractivity contribution < 1.29 is 16.2 Å². The standard InChI is InChI=1S/2C22H25.C6H19BNSi2.2ClH.Zr/c2*1-4-5-9-17-14-18-10-8-13-21(22(18)15-17)20-12-7-6-11-19(20)16(2)3;1-9(2,3)8(7)10(4,5)6;;;/h2*6-8,10-16H,4-5,9H2,1-3H3;7H,1-6H3;2*1H;/q;;+1;;;+1/p-2. The van der Waals surface area contributed by atoms with Crippen LogP contribution < -0.4 is 0 Å². The normalized spacial score (nSPS) is 17.7. The first-order chi connectivity index (χ1) is 26.8. The molecule has 303 valence electrons. The van der Waals surface area contributed by atoms with Crippen molar-refractivity contribution in [3.05, 3.63) is 129 Å². The number of benzene rings is 4. The van der Waals surface area contributed by atoms with Gasteiger partial charge in [-0.05, 0) is 0 Å². The van der Waals surface area contributed by atoms with Crippen LogP contribution in [-0.4, -0.2) is 25.6 Å². The van der Waals surface area contributed by atoms with E-state index in [1.807, 2.05) is 0 Å². The van der Waals surface area contributed by atoms with Crippen LogP contribution in [0.2, 0.25) is 39.3 Å². The summed E-state index contributed by atoms with van der Waals surface area (Å²) in [5, 5.41) is 0. The molecule has 2 aliphatic carbocycles. The predicted molar refractivity (Wildman–Crippen MR) is 260 cm³/mol. The molecular weight excluding hydrogens is 844 g/mol. The Balaban J connectivity index is 1.70. The Morgan fingerprint density at radius 3 is 1.28 bits per heavy atom. The third-order valence-corrected chi connectivity index (χ3v) is 40.1. The van der Waals surface area contributed by atoms with Crippen LogP contribution in [0.25, 0.3) is 34.4 Å². The van der Waals surface area contributed by atoms with Crippen molar-refractivity contribution in [3.8, 4) is 22.3 Å². The quantitative estimate of drug-likeness (QED) is 0.101. The molecular formula is C50H69BCl2NSi2Zr. The van der Waals surface area contributed by atoms with Crippen molar-refractivity contribution in [1.82, 2.24) is 4.14 Å². The number of halogens is 2. The van der Waals surface area contributed by atoms with Crippen molar-refractivity contribution in [3.63, 3.8) is 0 Å². The van der Waals surface area contributed by atoms with E-state index < -0.39 is 32.6 Å². The average Bonchev–Trinajstić information content (AvgIpc) is 3.74. The topological polar surface area (TPSA) is 3.24 Å². The first-order valence-electron chi connectivity index (χ1n) is 22.0. The maximum atomic E-state index is 9.27. The third kappa shape index (κ3) is 8.74. The van der Waals surface area contributed by atoms with Gasteiger partial charge in [-0.3, -0.25) is 0 Å². The van der Waals surface area contributed by atoms with Gasteiger partial charge in [0.1, 0.15) is 0 Å². The van der Waals surface area contributed by atoms with Gasteiger partial charge in [-0.15, -0.1) is 0 Å². The van der Waals surface area contributed by atoms with Crippen molar-refractivity contribution in [2.24, 2.45) is 0 Å². The molecule has 0 N–H and O–H groups in total. The average molecular weight is 913 g/mol. The molecule has 6 rings (SSSR count). The minimum absolute atomic E-state index is 0.0188. The summed E-state index contributed by atoms with van der Waals surface area (Å²) in [5.74, 6) is 0.837. The molecule has 1 nitrogen and oxygen atoms in total. The Hall–Kier alpha value is -1.72. The van der Waals surface area contributed by atoms with Gasteiger partial charge in [-0.25, -0.2) is 0 Å². The van der Waals surface area contributed by atoms with E-state index in [1.54, 1.807) is 0 Å². The molecule has 0 saturated carbocycles. The van der Waals surface area contributed by atoms with Crippen molar-refractivity contribution in [2.75, 3.05) is 0 Å². The number of unbranched alkanes of at least 4 members (excludes halogenated alkanes) is 2. The van der Waals surface area contributed by atoms with Gasteiger partial charge >= 0.3 is 361 Å². The second kappa shape index (κ2) is 17.3. The molecule has 2 unspecified atom stereocenters. The summed E-state index contributed by atoms with van der Waals surface area (Å²) in [4.78, 5) is 0.830. The molecule has 2 atom stereocenters. The Kier molecular flexibility index (Phi) is 13.6. The van der Waals surface area contributed by atoms with E-state index in [9.17, 15) is 17.0 Å². The van der Waals surface area contributed by atoms with E-state index in [1.165, 1.54) is 66.8 Å². The Morgan fingerprint density at radius 2 is 0.930 bits per heavy atom. The molecule has 0 aliphatic heterocycles. The summed E-state index contributed by atoms with van der Waals surface area (Å²) < 4.78 is 3.00. The summed E-state index contributed by atoms with van der Waals surface area (Å²) in [6.07, 6.45) is 11.8. The fraction of sp³-hybridized carbons (Fsp3) is 0.440. The molecule has 4 aromatic carbocycles. The molecule has 0 bridgehead atoms. The summed E-state index contributed by atoms with van der Waals surface area (Å²) >= 11 is -5.34. The van der Waals surface area contributed by atoms with E-state index in [0.29, 0.717) is 11.8 Å². The first-order valence-corrected chi connectivity index (χ1v) is 39.8. The van der Waals surface area contributed by atoms with Gasteiger partial charge in [0.15, 0.2) is 0 Å². The molecule has 7 heteroatoms. The second-order valence-electron chi connectivity index (χ2n) is 19.9. The fourth-order valence-corrected chi connectivity index (χ4v) is 52.9. The Labute approximate surface area is 358 Å². The molecule has 0 fully saturated rings. The minimum atomic E-state index is -5.34. The molecule has 4 aromatic rings. The monoisotopic (exact) mass is 910 g/mol. The van der Waals surface area contributed by atoms with Gasteiger partial charge < -0.3 is 0 Å². The second-order valence-corrected chi connectivity index (χ2v) is 52.1. The van der Waals surface area contributed by atoms with E-state index in [4.69, 9.17) is 0 Å². The summed E-state index contributed by atoms with van der Waals surface area (Å²) in [6.45, 7) is 29.1. The molecule has 0 heterocycles. The number of hydrogen-bond acceptors (Lipinski definition) is 1. The van der Waals surface area contributed by atoms with Crippen LogP contribution in [0.5, 0.6) is 0 Å². The first kappa shape index (κ1) is 44.8. The summed E-state index contributed by atoms with van der Waals surface area (Å²) in [6, 6.07) is 32.3. The van der Waals surface area contributed by atoms with Gasteiger partial charge in [0.2, 0.25) is 0 Å². The van der Waals surface area contributed by atoms with E-state index >= 15 is 0 Å². The maximum absolute atomic E-state index is 9.27. The van der Waals surface area contributed by atoms with Crippen molar-refractivity contribution >= 4 is 50.6 Å². The molecule has 0 saturated heterocycles. The Morgan fingerprint density at radius 1 is 0.561 bits per heavy atom. The molecule has 0 spiro atoms. The molecule has 0 amide bonds. The molecule has 2 aliphatic rings.